The second-order valence-corrected chi connectivity index (χ2v) is 1.23. The van der Waals surface area contributed by atoms with Crippen LogP contribution < -0.4 is 0 Å². The highest BCUT2D eigenvalue weighted by molar-refractivity contribution is 5.08. The lowest BCUT2D eigenvalue weighted by Gasteiger charge is -1.71. The van der Waals surface area contributed by atoms with Crippen LogP contribution in [0.1, 0.15) is 0 Å². The summed E-state index contributed by atoms with van der Waals surface area (Å²) in [5.41, 5.74) is 0. The lowest BCUT2D eigenvalue weighted by Crippen LogP contribution is -1.66. The molecule has 8 heavy (non-hydrogen) atoms. The van der Waals surface area contributed by atoms with Crippen LogP contribution in [0.4, 0.5) is 0 Å². The van der Waals surface area contributed by atoms with Gasteiger partial charge in [-0.3, -0.25) is 0 Å². The van der Waals surface area contributed by atoms with Gasteiger partial charge in [-0.05, 0) is 0 Å². The molecule has 44 valence electrons. The topological polar surface area (TPSA) is 20.2 Å². The SMILES string of the molecule is C=CC=CC=CCO. The van der Waals surface area contributed by atoms with Gasteiger partial charge < -0.3 is 5.11 Å². The Bertz CT molecular complexity index is 101. The molecule has 0 aromatic heterocycles. The van der Waals surface area contributed by atoms with Gasteiger partial charge in [-0.25, -0.2) is 0 Å². The Morgan fingerprint density at radius 2 is 2.00 bits per heavy atom. The smallest absolute Gasteiger partial charge is 0.0615 e. The predicted molar refractivity (Wildman–Crippen MR) is 35.6 cm³/mol. The van der Waals surface area contributed by atoms with E-state index in [9.17, 15) is 0 Å². The molecule has 0 aromatic rings. The van der Waals surface area contributed by atoms with E-state index >= 15 is 0 Å². The number of hydrogen-bond donors (Lipinski definition) is 1. The van der Waals surface area contributed by atoms with Crippen molar-refractivity contribution in [3.63, 3.8) is 0 Å². The van der Waals surface area contributed by atoms with E-state index in [1.165, 1.54) is 0 Å². The third-order valence-electron chi connectivity index (χ3n) is 0.600. The molecule has 1 N–H and O–H groups in total. The van der Waals surface area contributed by atoms with Crippen LogP contribution in [0.3, 0.4) is 0 Å². The van der Waals surface area contributed by atoms with Crippen molar-refractivity contribution in [3.05, 3.63) is 37.0 Å². The molecule has 0 spiro atoms. The van der Waals surface area contributed by atoms with Crippen molar-refractivity contribution in [3.8, 4) is 0 Å². The Hall–Kier alpha value is -0.820. The predicted octanol–water partition coefficient (Wildman–Crippen LogP) is 1.28. The van der Waals surface area contributed by atoms with E-state index in [2.05, 4.69) is 6.58 Å². The number of allylic oxidation sites excluding steroid dienone is 4. The summed E-state index contributed by atoms with van der Waals surface area (Å²) in [6, 6.07) is 0. The summed E-state index contributed by atoms with van der Waals surface area (Å²) < 4.78 is 0. The molecule has 0 aliphatic rings. The number of hydrogen-bond acceptors (Lipinski definition) is 1. The Kier molecular flexibility index (Phi) is 5.55. The zero-order valence-electron chi connectivity index (χ0n) is 4.75. The molecule has 0 saturated heterocycles. The minimum atomic E-state index is 0.0987. The van der Waals surface area contributed by atoms with Crippen LogP contribution in [0, 0.1) is 0 Å². The van der Waals surface area contributed by atoms with Gasteiger partial charge in [0.2, 0.25) is 0 Å². The molecule has 0 saturated carbocycles. The van der Waals surface area contributed by atoms with Crippen LogP contribution in [-0.4, -0.2) is 11.7 Å². The van der Waals surface area contributed by atoms with Gasteiger partial charge in [-0.2, -0.15) is 0 Å². The third-order valence-corrected chi connectivity index (χ3v) is 0.600. The normalized spacial score (nSPS) is 11.1. The van der Waals surface area contributed by atoms with Gasteiger partial charge in [0, 0.05) is 0 Å². The highest BCUT2D eigenvalue weighted by atomic mass is 16.2. The van der Waals surface area contributed by atoms with Gasteiger partial charge in [-0.1, -0.05) is 37.0 Å². The van der Waals surface area contributed by atoms with Gasteiger partial charge in [0.15, 0.2) is 0 Å². The van der Waals surface area contributed by atoms with E-state index in [1.807, 2.05) is 6.08 Å². The number of rotatable bonds is 3. The molecule has 0 heterocycles. The van der Waals surface area contributed by atoms with Crippen LogP contribution >= 0.6 is 0 Å². The van der Waals surface area contributed by atoms with Gasteiger partial charge in [0.25, 0.3) is 0 Å². The van der Waals surface area contributed by atoms with Gasteiger partial charge in [0.1, 0.15) is 0 Å². The maximum atomic E-state index is 8.22. The Balaban J connectivity index is 3.26. The van der Waals surface area contributed by atoms with Crippen molar-refractivity contribution in [2.45, 2.75) is 0 Å². The second kappa shape index (κ2) is 6.18. The molecule has 0 fully saturated rings. The molecule has 0 aliphatic carbocycles. The Morgan fingerprint density at radius 1 is 1.25 bits per heavy atom. The minimum Gasteiger partial charge on any atom is -0.392 e. The van der Waals surface area contributed by atoms with Crippen molar-refractivity contribution in [2.75, 3.05) is 6.61 Å². The summed E-state index contributed by atoms with van der Waals surface area (Å²) in [6.07, 6.45) is 8.71. The minimum absolute atomic E-state index is 0.0987. The van der Waals surface area contributed by atoms with E-state index in [0.29, 0.717) is 0 Å². The van der Waals surface area contributed by atoms with E-state index in [-0.39, 0.29) is 6.61 Å². The molecule has 1 heteroatoms. The molecular formula is C7H10O. The first-order chi connectivity index (χ1) is 3.91. The molecule has 0 rings (SSSR count). The monoisotopic (exact) mass is 110 g/mol. The van der Waals surface area contributed by atoms with E-state index in [4.69, 9.17) is 5.11 Å². The summed E-state index contributed by atoms with van der Waals surface area (Å²) >= 11 is 0. The zero-order chi connectivity index (χ0) is 6.24. The highest BCUT2D eigenvalue weighted by Gasteiger charge is 1.59. The second-order valence-electron chi connectivity index (χ2n) is 1.23. The first-order valence-corrected chi connectivity index (χ1v) is 2.47. The van der Waals surface area contributed by atoms with Crippen LogP contribution in [0.25, 0.3) is 0 Å². The van der Waals surface area contributed by atoms with Crippen LogP contribution in [0.2, 0.25) is 0 Å². The standard InChI is InChI=1S/C7H10O/c1-2-3-4-5-6-7-8/h2-6,8H,1,7H2. The molecule has 1 nitrogen and oxygen atoms in total. The van der Waals surface area contributed by atoms with Gasteiger partial charge >= 0.3 is 0 Å². The molecule has 0 radical (unpaired) electrons. The fraction of sp³-hybridized carbons (Fsp3) is 0.143. The molecule has 0 amide bonds. The summed E-state index contributed by atoms with van der Waals surface area (Å²) in [6.45, 7) is 3.57. The van der Waals surface area contributed by atoms with Gasteiger partial charge in [-0.15, -0.1) is 0 Å². The highest BCUT2D eigenvalue weighted by Crippen LogP contribution is 1.75. The number of aliphatic hydroxyl groups is 1. The zero-order valence-corrected chi connectivity index (χ0v) is 4.75. The van der Waals surface area contributed by atoms with Crippen molar-refractivity contribution in [1.29, 1.82) is 0 Å². The van der Waals surface area contributed by atoms with E-state index in [1.54, 1.807) is 24.3 Å². The van der Waals surface area contributed by atoms with Crippen LogP contribution in [-0.2, 0) is 0 Å². The molecule has 0 atom stereocenters. The van der Waals surface area contributed by atoms with E-state index in [0.717, 1.165) is 0 Å². The summed E-state index contributed by atoms with van der Waals surface area (Å²) in [5, 5.41) is 8.22. The maximum absolute atomic E-state index is 8.22. The van der Waals surface area contributed by atoms with Crippen LogP contribution in [0.15, 0.2) is 37.0 Å². The number of aliphatic hydroxyl groups excluding tert-OH is 1. The largest absolute Gasteiger partial charge is 0.392 e. The maximum Gasteiger partial charge on any atom is 0.0615 e. The Morgan fingerprint density at radius 3 is 2.50 bits per heavy atom. The molecule has 0 bridgehead atoms. The average Bonchev–Trinajstić information content (AvgIpc) is 1.81. The third kappa shape index (κ3) is 5.18. The summed E-state index contributed by atoms with van der Waals surface area (Å²) in [5.74, 6) is 0. The molecule has 0 aliphatic heterocycles. The first-order valence-electron chi connectivity index (χ1n) is 2.47. The van der Waals surface area contributed by atoms with Crippen molar-refractivity contribution >= 4 is 0 Å². The molecular weight excluding hydrogens is 100 g/mol. The summed E-state index contributed by atoms with van der Waals surface area (Å²) in [7, 11) is 0. The lowest BCUT2D eigenvalue weighted by molar-refractivity contribution is 0.343. The van der Waals surface area contributed by atoms with Crippen molar-refractivity contribution in [1.82, 2.24) is 0 Å². The lowest BCUT2D eigenvalue weighted by atomic mass is 10.4. The molecule has 0 aromatic carbocycles. The van der Waals surface area contributed by atoms with Crippen molar-refractivity contribution in [2.24, 2.45) is 0 Å². The first kappa shape index (κ1) is 7.18. The molecule has 0 unspecified atom stereocenters. The van der Waals surface area contributed by atoms with Crippen molar-refractivity contribution < 1.29 is 5.11 Å². The summed E-state index contributed by atoms with van der Waals surface area (Å²) in [4.78, 5) is 0. The van der Waals surface area contributed by atoms with Crippen LogP contribution in [0.5, 0.6) is 0 Å². The Labute approximate surface area is 49.7 Å². The average molecular weight is 110 g/mol. The fourth-order valence-electron chi connectivity index (χ4n) is 0.282. The quantitative estimate of drug-likeness (QED) is 0.542. The fourth-order valence-corrected chi connectivity index (χ4v) is 0.282. The van der Waals surface area contributed by atoms with E-state index < -0.39 is 0 Å². The van der Waals surface area contributed by atoms with Gasteiger partial charge in [0.05, 0.1) is 6.61 Å².